The average Bonchev–Trinajstić information content (AvgIpc) is 2.91. The highest BCUT2D eigenvalue weighted by Gasteiger charge is 2.50. The molecular weight excluding hydrogens is 395 g/mol. The van der Waals surface area contributed by atoms with Crippen molar-refractivity contribution in [3.8, 4) is 0 Å². The minimum atomic E-state index is -4.91. The van der Waals surface area contributed by atoms with Gasteiger partial charge in [-0.1, -0.05) is 11.3 Å². The molecule has 2 amide bonds. The summed E-state index contributed by atoms with van der Waals surface area (Å²) >= 11 is 0.898. The number of carbonyl (C=O) groups excluding carboxylic acids is 1. The molecule has 27 heavy (non-hydrogen) atoms. The van der Waals surface area contributed by atoms with Gasteiger partial charge in [-0.3, -0.25) is 5.32 Å². The third-order valence-electron chi connectivity index (χ3n) is 3.46. The van der Waals surface area contributed by atoms with Crippen LogP contribution in [0.25, 0.3) is 0 Å². The van der Waals surface area contributed by atoms with Gasteiger partial charge >= 0.3 is 12.2 Å². The Hall–Kier alpha value is -2.34. The van der Waals surface area contributed by atoms with E-state index in [1.807, 2.05) is 0 Å². The van der Waals surface area contributed by atoms with Gasteiger partial charge in [0.15, 0.2) is 5.60 Å². The minimum absolute atomic E-state index is 0.00891. The van der Waals surface area contributed by atoms with Crippen LogP contribution in [-0.2, 0) is 6.42 Å². The van der Waals surface area contributed by atoms with Crippen LogP contribution >= 0.6 is 11.3 Å². The van der Waals surface area contributed by atoms with Gasteiger partial charge in [-0.2, -0.15) is 13.2 Å². The van der Waals surface area contributed by atoms with Crippen molar-refractivity contribution in [2.75, 3.05) is 18.9 Å². The highest BCUT2D eigenvalue weighted by Crippen LogP contribution is 2.30. The molecule has 6 nitrogen and oxygen atoms in total. The van der Waals surface area contributed by atoms with Gasteiger partial charge in [-0.25, -0.2) is 13.6 Å². The second-order valence-corrected chi connectivity index (χ2v) is 7.08. The first-order valence-electron chi connectivity index (χ1n) is 7.46. The van der Waals surface area contributed by atoms with Crippen LogP contribution in [0.2, 0.25) is 0 Å². The normalized spacial score (nSPS) is 13.9. The van der Waals surface area contributed by atoms with Gasteiger partial charge in [-0.15, -0.1) is 10.2 Å². The molecule has 148 valence electrons. The van der Waals surface area contributed by atoms with E-state index < -0.39 is 36.0 Å². The van der Waals surface area contributed by atoms with Crippen LogP contribution in [0, 0.1) is 11.6 Å². The molecule has 0 unspecified atom stereocenters. The van der Waals surface area contributed by atoms with E-state index in [-0.39, 0.29) is 11.6 Å². The number of nitrogens with zero attached hydrogens (tertiary/aromatic N) is 3. The molecule has 0 saturated heterocycles. The van der Waals surface area contributed by atoms with Crippen LogP contribution in [-0.4, -0.2) is 51.6 Å². The number of benzene rings is 1. The number of halogens is 5. The zero-order valence-corrected chi connectivity index (χ0v) is 15.0. The predicted octanol–water partition coefficient (Wildman–Crippen LogP) is 3.18. The van der Waals surface area contributed by atoms with Gasteiger partial charge in [0.2, 0.25) is 5.13 Å². The quantitative estimate of drug-likeness (QED) is 0.743. The van der Waals surface area contributed by atoms with Gasteiger partial charge < -0.3 is 10.0 Å². The number of anilines is 1. The molecule has 0 radical (unpaired) electrons. The van der Waals surface area contributed by atoms with Gasteiger partial charge in [0.25, 0.3) is 0 Å². The molecule has 0 aliphatic heterocycles. The van der Waals surface area contributed by atoms with E-state index in [1.54, 1.807) is 0 Å². The summed E-state index contributed by atoms with van der Waals surface area (Å²) in [7, 11) is 1.08. The fraction of sp³-hybridized carbons (Fsp3) is 0.400. The Bertz CT molecular complexity index is 805. The number of carbonyl (C=O) groups is 1. The lowest BCUT2D eigenvalue weighted by Crippen LogP contribution is -2.52. The summed E-state index contributed by atoms with van der Waals surface area (Å²) in [4.78, 5) is 12.6. The van der Waals surface area contributed by atoms with Crippen molar-refractivity contribution in [3.05, 3.63) is 40.4 Å². The van der Waals surface area contributed by atoms with E-state index in [0.717, 1.165) is 36.6 Å². The summed E-state index contributed by atoms with van der Waals surface area (Å²) < 4.78 is 64.4. The number of rotatable bonds is 5. The van der Waals surface area contributed by atoms with Crippen molar-refractivity contribution in [1.29, 1.82) is 0 Å². The molecular formula is C15H15F5N4O2S. The molecule has 2 aromatic rings. The summed E-state index contributed by atoms with van der Waals surface area (Å²) in [6.45, 7) is -0.436. The van der Waals surface area contributed by atoms with E-state index in [0.29, 0.717) is 22.4 Å². The van der Waals surface area contributed by atoms with E-state index in [9.17, 15) is 31.9 Å². The molecule has 1 heterocycles. The largest absolute Gasteiger partial charge is 0.418 e. The first-order valence-corrected chi connectivity index (χ1v) is 8.27. The Kier molecular flexibility index (Phi) is 6.00. The maximum absolute atomic E-state index is 13.2. The molecule has 0 aliphatic carbocycles. The Morgan fingerprint density at radius 1 is 1.22 bits per heavy atom. The monoisotopic (exact) mass is 410 g/mol. The van der Waals surface area contributed by atoms with E-state index in [4.69, 9.17) is 0 Å². The molecule has 1 aromatic carbocycles. The molecule has 2 N–H and O–H groups in total. The van der Waals surface area contributed by atoms with Crippen molar-refractivity contribution in [3.63, 3.8) is 0 Å². The van der Waals surface area contributed by atoms with E-state index >= 15 is 0 Å². The van der Waals surface area contributed by atoms with E-state index in [2.05, 4.69) is 15.5 Å². The van der Waals surface area contributed by atoms with Gasteiger partial charge in [0.05, 0.1) is 6.54 Å². The second-order valence-electron chi connectivity index (χ2n) is 6.01. The molecule has 0 fully saturated rings. The van der Waals surface area contributed by atoms with Crippen molar-refractivity contribution in [2.45, 2.75) is 25.1 Å². The smallest absolute Gasteiger partial charge is 0.379 e. The van der Waals surface area contributed by atoms with Crippen molar-refractivity contribution >= 4 is 22.5 Å². The Balaban J connectivity index is 1.99. The standard InChI is InChI=1S/C15H15F5N4O2S/c1-14(26,15(18,19)20)7-24(2)13(25)21-12-23-22-11(27-12)5-8-3-9(16)6-10(17)4-8/h3-4,6,26H,5,7H2,1-2H3,(H,21,23,25)/t14-/m0/s1. The van der Waals surface area contributed by atoms with Crippen LogP contribution < -0.4 is 5.32 Å². The maximum atomic E-state index is 13.2. The summed E-state index contributed by atoms with van der Waals surface area (Å²) in [5, 5.41) is 19.4. The number of amides is 2. The highest BCUT2D eigenvalue weighted by molar-refractivity contribution is 7.15. The summed E-state index contributed by atoms with van der Waals surface area (Å²) in [6.07, 6.45) is -4.85. The number of likely N-dealkylation sites (N-methyl/N-ethyl adjacent to an activating group) is 1. The third-order valence-corrected chi connectivity index (χ3v) is 4.30. The number of nitrogens with one attached hydrogen (secondary N) is 1. The number of urea groups is 1. The fourth-order valence-corrected chi connectivity index (χ4v) is 2.84. The van der Waals surface area contributed by atoms with Crippen molar-refractivity contribution in [2.24, 2.45) is 0 Å². The third kappa shape index (κ3) is 5.57. The lowest BCUT2D eigenvalue weighted by atomic mass is 10.1. The molecule has 1 aromatic heterocycles. The highest BCUT2D eigenvalue weighted by atomic mass is 32.1. The summed E-state index contributed by atoms with van der Waals surface area (Å²) in [5.41, 5.74) is -2.77. The number of hydrogen-bond acceptors (Lipinski definition) is 5. The molecule has 12 heteroatoms. The van der Waals surface area contributed by atoms with Gasteiger partial charge in [0, 0.05) is 19.5 Å². The van der Waals surface area contributed by atoms with Crippen LogP contribution in [0.3, 0.4) is 0 Å². The number of alkyl halides is 3. The SMILES string of the molecule is CN(C[C@](C)(O)C(F)(F)F)C(=O)Nc1nnc(Cc2cc(F)cc(F)c2)s1. The summed E-state index contributed by atoms with van der Waals surface area (Å²) in [5.74, 6) is -1.50. The molecule has 0 spiro atoms. The Labute approximate surface area is 154 Å². The van der Waals surface area contributed by atoms with Crippen molar-refractivity contribution < 1.29 is 31.9 Å². The second kappa shape index (κ2) is 7.72. The van der Waals surface area contributed by atoms with Gasteiger partial charge in [-0.05, 0) is 24.6 Å². The zero-order chi connectivity index (χ0) is 20.4. The predicted molar refractivity (Wildman–Crippen MR) is 87.4 cm³/mol. The molecule has 2 rings (SSSR count). The first-order chi connectivity index (χ1) is 12.4. The van der Waals surface area contributed by atoms with Crippen LogP contribution in [0.4, 0.5) is 31.9 Å². The Morgan fingerprint density at radius 2 is 1.81 bits per heavy atom. The molecule has 0 aliphatic rings. The maximum Gasteiger partial charge on any atom is 0.418 e. The summed E-state index contributed by atoms with van der Waals surface area (Å²) in [6, 6.07) is 2.03. The lowest BCUT2D eigenvalue weighted by Gasteiger charge is -2.30. The lowest BCUT2D eigenvalue weighted by molar-refractivity contribution is -0.254. The molecule has 1 atom stereocenters. The van der Waals surface area contributed by atoms with Crippen LogP contribution in [0.15, 0.2) is 18.2 Å². The topological polar surface area (TPSA) is 78.4 Å². The number of aromatic nitrogens is 2. The average molecular weight is 410 g/mol. The van der Waals surface area contributed by atoms with E-state index in [1.165, 1.54) is 0 Å². The number of aliphatic hydroxyl groups is 1. The zero-order valence-electron chi connectivity index (χ0n) is 14.1. The fourth-order valence-electron chi connectivity index (χ4n) is 2.07. The number of hydrogen-bond donors (Lipinski definition) is 2. The first kappa shape index (κ1) is 21.0. The molecule has 0 bridgehead atoms. The van der Waals surface area contributed by atoms with Crippen molar-refractivity contribution in [1.82, 2.24) is 15.1 Å². The van der Waals surface area contributed by atoms with Gasteiger partial charge in [0.1, 0.15) is 16.6 Å². The van der Waals surface area contributed by atoms with Crippen LogP contribution in [0.5, 0.6) is 0 Å². The Morgan fingerprint density at radius 3 is 2.37 bits per heavy atom. The van der Waals surface area contributed by atoms with Crippen LogP contribution in [0.1, 0.15) is 17.5 Å². The molecule has 0 saturated carbocycles. The minimum Gasteiger partial charge on any atom is -0.379 e.